The van der Waals surface area contributed by atoms with Gasteiger partial charge in [0.25, 0.3) is 10.0 Å². The zero-order valence-corrected chi connectivity index (χ0v) is 14.8. The second-order valence-corrected chi connectivity index (χ2v) is 8.21. The summed E-state index contributed by atoms with van der Waals surface area (Å²) >= 11 is 0. The van der Waals surface area contributed by atoms with Crippen molar-refractivity contribution >= 4 is 26.5 Å². The zero-order chi connectivity index (χ0) is 17.7. The van der Waals surface area contributed by atoms with Gasteiger partial charge in [-0.25, -0.2) is 8.42 Å². The Morgan fingerprint density at radius 1 is 0.846 bits per heavy atom. The van der Waals surface area contributed by atoms with Crippen LogP contribution in [0, 0.1) is 0 Å². The first-order valence-corrected chi connectivity index (χ1v) is 10.1. The van der Waals surface area contributed by atoms with E-state index in [1.807, 2.05) is 24.3 Å². The summed E-state index contributed by atoms with van der Waals surface area (Å²) in [6, 6.07) is 14.6. The number of hydrogen-bond acceptors (Lipinski definition) is 4. The van der Waals surface area contributed by atoms with Crippen LogP contribution in [0.25, 0.3) is 10.8 Å². The van der Waals surface area contributed by atoms with Gasteiger partial charge < -0.3 is 9.47 Å². The van der Waals surface area contributed by atoms with Crippen molar-refractivity contribution in [2.24, 2.45) is 0 Å². The van der Waals surface area contributed by atoms with Gasteiger partial charge in [0, 0.05) is 11.5 Å². The maximum atomic E-state index is 12.9. The molecule has 0 radical (unpaired) electrons. The third-order valence-electron chi connectivity index (χ3n) is 4.95. The minimum Gasteiger partial charge on any atom is -0.486 e. The van der Waals surface area contributed by atoms with E-state index in [1.54, 1.807) is 6.07 Å². The molecule has 1 aliphatic carbocycles. The molecule has 0 amide bonds. The van der Waals surface area contributed by atoms with Gasteiger partial charge in [-0.1, -0.05) is 24.3 Å². The van der Waals surface area contributed by atoms with Crippen LogP contribution in [0.3, 0.4) is 0 Å². The van der Waals surface area contributed by atoms with E-state index in [-0.39, 0.29) is 4.90 Å². The van der Waals surface area contributed by atoms with E-state index in [4.69, 9.17) is 9.47 Å². The van der Waals surface area contributed by atoms with Crippen molar-refractivity contribution in [1.82, 2.24) is 0 Å². The molecule has 6 heteroatoms. The van der Waals surface area contributed by atoms with Gasteiger partial charge >= 0.3 is 0 Å². The Labute approximate surface area is 151 Å². The molecule has 0 aromatic heterocycles. The number of nitrogens with one attached hydrogen (secondary N) is 1. The average Bonchev–Trinajstić information content (AvgIpc) is 3.08. The molecular weight excluding hydrogens is 350 g/mol. The van der Waals surface area contributed by atoms with Crippen LogP contribution in [-0.2, 0) is 22.9 Å². The Bertz CT molecular complexity index is 1130. The molecule has 3 aromatic carbocycles. The fraction of sp³-hybridized carbons (Fsp3) is 0.200. The Morgan fingerprint density at radius 3 is 2.46 bits per heavy atom. The predicted molar refractivity (Wildman–Crippen MR) is 99.6 cm³/mol. The lowest BCUT2D eigenvalue weighted by Crippen LogP contribution is -2.17. The minimum absolute atomic E-state index is 0.157. The summed E-state index contributed by atoms with van der Waals surface area (Å²) in [5, 5.41) is 2.12. The normalized spacial score (nSPS) is 15.2. The van der Waals surface area contributed by atoms with Crippen LogP contribution in [0.15, 0.2) is 53.4 Å². The first kappa shape index (κ1) is 15.5. The van der Waals surface area contributed by atoms with Gasteiger partial charge in [-0.05, 0) is 47.6 Å². The maximum Gasteiger partial charge on any atom is 0.262 e. The molecule has 0 saturated carbocycles. The van der Waals surface area contributed by atoms with Crippen LogP contribution < -0.4 is 14.2 Å². The average molecular weight is 367 g/mol. The standard InChI is InChI=1S/C20H17NO4S/c22-26(23,15-7-9-18-19(12-15)25-11-10-24-18)21-17-8-6-14-5-4-13-2-1-3-16(17)20(13)14/h1-3,6-9,12,21H,4-5,10-11H2. The molecule has 5 nitrogen and oxygen atoms in total. The highest BCUT2D eigenvalue weighted by molar-refractivity contribution is 7.92. The quantitative estimate of drug-likeness (QED) is 0.769. The van der Waals surface area contributed by atoms with Crippen LogP contribution in [0.2, 0.25) is 0 Å². The molecule has 1 aliphatic heterocycles. The molecule has 1 heterocycles. The van der Waals surface area contributed by atoms with E-state index in [2.05, 4.69) is 10.8 Å². The van der Waals surface area contributed by atoms with Gasteiger partial charge in [-0.3, -0.25) is 4.72 Å². The van der Waals surface area contributed by atoms with Gasteiger partial charge in [0.2, 0.25) is 0 Å². The number of ether oxygens (including phenoxy) is 2. The molecule has 0 spiro atoms. The third-order valence-corrected chi connectivity index (χ3v) is 6.31. The second-order valence-electron chi connectivity index (χ2n) is 6.52. The predicted octanol–water partition coefficient (Wildman–Crippen LogP) is 3.51. The summed E-state index contributed by atoms with van der Waals surface area (Å²) in [7, 11) is -3.73. The summed E-state index contributed by atoms with van der Waals surface area (Å²) in [6.45, 7) is 0.886. The maximum absolute atomic E-state index is 12.9. The Kier molecular flexibility index (Phi) is 3.37. The van der Waals surface area contributed by atoms with E-state index in [9.17, 15) is 8.42 Å². The van der Waals surface area contributed by atoms with Gasteiger partial charge in [0.05, 0.1) is 10.6 Å². The van der Waals surface area contributed by atoms with E-state index >= 15 is 0 Å². The largest absolute Gasteiger partial charge is 0.486 e. The third kappa shape index (κ3) is 2.41. The fourth-order valence-corrected chi connectivity index (χ4v) is 4.83. The molecule has 26 heavy (non-hydrogen) atoms. The smallest absolute Gasteiger partial charge is 0.262 e. The lowest BCUT2D eigenvalue weighted by atomic mass is 10.0. The lowest BCUT2D eigenvalue weighted by molar-refractivity contribution is 0.171. The fourth-order valence-electron chi connectivity index (χ4n) is 3.73. The molecule has 0 atom stereocenters. The first-order valence-electron chi connectivity index (χ1n) is 8.58. The molecule has 0 unspecified atom stereocenters. The summed E-state index contributed by atoms with van der Waals surface area (Å²) in [5.74, 6) is 1.03. The Morgan fingerprint density at radius 2 is 1.62 bits per heavy atom. The molecule has 132 valence electrons. The second kappa shape index (κ2) is 5.64. The molecule has 0 saturated heterocycles. The van der Waals surface area contributed by atoms with Crippen molar-refractivity contribution in [2.75, 3.05) is 17.9 Å². The highest BCUT2D eigenvalue weighted by Gasteiger charge is 2.22. The van der Waals surface area contributed by atoms with Crippen LogP contribution in [-0.4, -0.2) is 21.6 Å². The Balaban J connectivity index is 1.56. The van der Waals surface area contributed by atoms with Crippen molar-refractivity contribution in [2.45, 2.75) is 17.7 Å². The van der Waals surface area contributed by atoms with Gasteiger partial charge in [0.15, 0.2) is 11.5 Å². The van der Waals surface area contributed by atoms with Gasteiger partial charge in [-0.2, -0.15) is 0 Å². The number of hydrogen-bond donors (Lipinski definition) is 1. The van der Waals surface area contributed by atoms with Crippen molar-refractivity contribution < 1.29 is 17.9 Å². The number of anilines is 1. The number of sulfonamides is 1. The number of aryl methyl sites for hydroxylation is 2. The van der Waals surface area contributed by atoms with Crippen LogP contribution in [0.1, 0.15) is 11.1 Å². The van der Waals surface area contributed by atoms with E-state index in [1.165, 1.54) is 28.6 Å². The van der Waals surface area contributed by atoms with E-state index < -0.39 is 10.0 Å². The molecule has 0 fully saturated rings. The topological polar surface area (TPSA) is 64.6 Å². The highest BCUT2D eigenvalue weighted by atomic mass is 32.2. The van der Waals surface area contributed by atoms with Crippen LogP contribution in [0.5, 0.6) is 11.5 Å². The molecule has 1 N–H and O–H groups in total. The first-order chi connectivity index (χ1) is 12.6. The molecular formula is C20H17NO4S. The molecule has 5 rings (SSSR count). The van der Waals surface area contributed by atoms with Crippen molar-refractivity contribution in [3.63, 3.8) is 0 Å². The summed E-state index contributed by atoms with van der Waals surface area (Å²) < 4.78 is 39.5. The number of fused-ring (bicyclic) bond motifs is 1. The molecule has 3 aromatic rings. The highest BCUT2D eigenvalue weighted by Crippen LogP contribution is 2.37. The summed E-state index contributed by atoms with van der Waals surface area (Å²) in [6.07, 6.45) is 2.01. The monoisotopic (exact) mass is 367 g/mol. The van der Waals surface area contributed by atoms with Crippen LogP contribution >= 0.6 is 0 Å². The number of benzene rings is 3. The van der Waals surface area contributed by atoms with Gasteiger partial charge in [0.1, 0.15) is 13.2 Å². The number of rotatable bonds is 3. The van der Waals surface area contributed by atoms with Crippen molar-refractivity contribution in [3.05, 3.63) is 59.7 Å². The zero-order valence-electron chi connectivity index (χ0n) is 14.0. The summed E-state index contributed by atoms with van der Waals surface area (Å²) in [5.41, 5.74) is 3.15. The van der Waals surface area contributed by atoms with Crippen LogP contribution in [0.4, 0.5) is 5.69 Å². The SMILES string of the molecule is O=S(=O)(Nc1ccc2c3c(cccc13)CC2)c1ccc2c(c1)OCCO2. The van der Waals surface area contributed by atoms with Crippen molar-refractivity contribution in [3.8, 4) is 11.5 Å². The molecule has 0 bridgehead atoms. The molecule has 2 aliphatic rings. The Hall–Kier alpha value is -2.73. The van der Waals surface area contributed by atoms with Crippen molar-refractivity contribution in [1.29, 1.82) is 0 Å². The van der Waals surface area contributed by atoms with E-state index in [0.29, 0.717) is 30.4 Å². The summed E-state index contributed by atoms with van der Waals surface area (Å²) in [4.78, 5) is 0.157. The lowest BCUT2D eigenvalue weighted by Gasteiger charge is -2.19. The van der Waals surface area contributed by atoms with E-state index in [0.717, 1.165) is 18.2 Å². The van der Waals surface area contributed by atoms with Gasteiger partial charge in [-0.15, -0.1) is 0 Å². The minimum atomic E-state index is -3.73.